The van der Waals surface area contributed by atoms with E-state index in [1.54, 1.807) is 0 Å². The fourth-order valence-corrected chi connectivity index (χ4v) is 1.39. The summed E-state index contributed by atoms with van der Waals surface area (Å²) >= 11 is 3.93. The van der Waals surface area contributed by atoms with Gasteiger partial charge >= 0.3 is 6.61 Å². The van der Waals surface area contributed by atoms with Crippen molar-refractivity contribution in [3.63, 3.8) is 0 Å². The van der Waals surface area contributed by atoms with Crippen molar-refractivity contribution >= 4 is 18.5 Å². The van der Waals surface area contributed by atoms with Gasteiger partial charge in [-0.05, 0) is 12.1 Å². The van der Waals surface area contributed by atoms with Gasteiger partial charge in [0, 0.05) is 18.4 Å². The van der Waals surface area contributed by atoms with Crippen LogP contribution in [-0.2, 0) is 0 Å². The maximum atomic E-state index is 12.2. The minimum Gasteiger partial charge on any atom is -0.497 e. The highest BCUT2D eigenvalue weighted by molar-refractivity contribution is 7.80. The number of ether oxygens (including phenoxy) is 2. The normalized spacial score (nSPS) is 10.3. The van der Waals surface area contributed by atoms with Crippen LogP contribution in [0.2, 0.25) is 0 Å². The number of rotatable bonds is 6. The highest BCUT2D eigenvalue weighted by atomic mass is 32.1. The molecule has 0 aliphatic rings. The van der Waals surface area contributed by atoms with Gasteiger partial charge in [-0.25, -0.2) is 0 Å². The maximum absolute atomic E-state index is 12.2. The Labute approximate surface area is 109 Å². The van der Waals surface area contributed by atoms with Crippen LogP contribution in [0.3, 0.4) is 0 Å². The highest BCUT2D eigenvalue weighted by Gasteiger charge is 2.16. The lowest BCUT2D eigenvalue weighted by molar-refractivity contribution is -0.0502. The first-order chi connectivity index (χ1) is 8.58. The summed E-state index contributed by atoms with van der Waals surface area (Å²) in [4.78, 5) is 11.7. The van der Waals surface area contributed by atoms with Crippen LogP contribution < -0.4 is 14.8 Å². The van der Waals surface area contributed by atoms with Crippen molar-refractivity contribution in [3.05, 3.63) is 23.8 Å². The van der Waals surface area contributed by atoms with Crippen molar-refractivity contribution in [2.45, 2.75) is 6.61 Å². The van der Waals surface area contributed by atoms with E-state index >= 15 is 0 Å². The summed E-state index contributed by atoms with van der Waals surface area (Å²) in [5.74, 6) is 0.0622. The Bertz CT molecular complexity index is 415. The standard InChI is InChI=1S/C11H13F2NO3S/c1-16-7-2-3-8(10(15)14-4-5-18)9(6-7)17-11(12)13/h2-3,6,11,18H,4-5H2,1H3,(H,14,15). The van der Waals surface area contributed by atoms with Crippen LogP contribution in [0.1, 0.15) is 10.4 Å². The molecule has 4 nitrogen and oxygen atoms in total. The molecule has 18 heavy (non-hydrogen) atoms. The second-order valence-corrected chi connectivity index (χ2v) is 3.67. The van der Waals surface area contributed by atoms with Crippen LogP contribution in [0, 0.1) is 0 Å². The van der Waals surface area contributed by atoms with Crippen molar-refractivity contribution in [1.29, 1.82) is 0 Å². The molecule has 0 aromatic heterocycles. The zero-order chi connectivity index (χ0) is 13.5. The predicted octanol–water partition coefficient (Wildman–Crippen LogP) is 1.96. The quantitative estimate of drug-likeness (QED) is 0.781. The number of nitrogens with one attached hydrogen (secondary N) is 1. The Kier molecular flexibility index (Phi) is 5.70. The van der Waals surface area contributed by atoms with E-state index < -0.39 is 12.5 Å². The molecule has 0 radical (unpaired) electrons. The largest absolute Gasteiger partial charge is 0.497 e. The van der Waals surface area contributed by atoms with E-state index in [0.717, 1.165) is 0 Å². The van der Waals surface area contributed by atoms with Crippen LogP contribution >= 0.6 is 12.6 Å². The molecule has 1 rings (SSSR count). The number of methoxy groups -OCH3 is 1. The Morgan fingerprint density at radius 2 is 2.22 bits per heavy atom. The highest BCUT2D eigenvalue weighted by Crippen LogP contribution is 2.26. The van der Waals surface area contributed by atoms with E-state index in [0.29, 0.717) is 18.0 Å². The van der Waals surface area contributed by atoms with E-state index in [1.165, 1.54) is 25.3 Å². The average Bonchev–Trinajstić information content (AvgIpc) is 2.35. The third kappa shape index (κ3) is 4.06. The molecule has 100 valence electrons. The Morgan fingerprint density at radius 1 is 1.50 bits per heavy atom. The molecule has 0 unspecified atom stereocenters. The summed E-state index contributed by atoms with van der Waals surface area (Å²) in [6.45, 7) is -2.67. The van der Waals surface area contributed by atoms with Crippen molar-refractivity contribution in [1.82, 2.24) is 5.32 Å². The minimum atomic E-state index is -3.01. The van der Waals surface area contributed by atoms with Gasteiger partial charge in [-0.2, -0.15) is 21.4 Å². The van der Waals surface area contributed by atoms with Gasteiger partial charge in [0.1, 0.15) is 11.5 Å². The number of amides is 1. The zero-order valence-corrected chi connectivity index (χ0v) is 10.5. The number of thiol groups is 1. The van der Waals surface area contributed by atoms with Crippen LogP contribution in [0.4, 0.5) is 8.78 Å². The third-order valence-corrected chi connectivity index (χ3v) is 2.27. The number of carbonyl (C=O) groups excluding carboxylic acids is 1. The fraction of sp³-hybridized carbons (Fsp3) is 0.364. The van der Waals surface area contributed by atoms with Crippen molar-refractivity contribution in [2.24, 2.45) is 0 Å². The summed E-state index contributed by atoms with van der Waals surface area (Å²) in [6, 6.07) is 4.10. The molecule has 0 atom stereocenters. The van der Waals surface area contributed by atoms with Gasteiger partial charge in [-0.3, -0.25) is 4.79 Å². The van der Waals surface area contributed by atoms with E-state index in [4.69, 9.17) is 4.74 Å². The molecule has 0 spiro atoms. The molecule has 0 aliphatic carbocycles. The first kappa shape index (κ1) is 14.6. The van der Waals surface area contributed by atoms with Crippen molar-refractivity contribution in [3.8, 4) is 11.5 Å². The Morgan fingerprint density at radius 3 is 2.78 bits per heavy atom. The molecule has 0 aliphatic heterocycles. The van der Waals surface area contributed by atoms with E-state index in [9.17, 15) is 13.6 Å². The smallest absolute Gasteiger partial charge is 0.387 e. The fourth-order valence-electron chi connectivity index (χ4n) is 1.28. The lowest BCUT2D eigenvalue weighted by Crippen LogP contribution is -2.26. The summed E-state index contributed by atoms with van der Waals surface area (Å²) in [5, 5.41) is 2.52. The number of halogens is 2. The predicted molar refractivity (Wildman–Crippen MR) is 65.8 cm³/mol. The van der Waals surface area contributed by atoms with Gasteiger partial charge in [0.15, 0.2) is 0 Å². The second kappa shape index (κ2) is 7.05. The Hall–Kier alpha value is -1.50. The topological polar surface area (TPSA) is 47.6 Å². The van der Waals surface area contributed by atoms with E-state index in [-0.39, 0.29) is 11.3 Å². The molecule has 0 heterocycles. The van der Waals surface area contributed by atoms with Gasteiger partial charge in [0.25, 0.3) is 5.91 Å². The van der Waals surface area contributed by atoms with E-state index in [1.807, 2.05) is 0 Å². The summed E-state index contributed by atoms with van der Waals surface area (Å²) < 4.78 is 33.7. The molecule has 0 fully saturated rings. The summed E-state index contributed by atoms with van der Waals surface area (Å²) in [7, 11) is 1.39. The molecule has 1 aromatic carbocycles. The summed E-state index contributed by atoms with van der Waals surface area (Å²) in [6.07, 6.45) is 0. The Balaban J connectivity index is 2.97. The third-order valence-electron chi connectivity index (χ3n) is 2.05. The molecule has 0 bridgehead atoms. The maximum Gasteiger partial charge on any atom is 0.387 e. The molecular formula is C11H13F2NO3S. The average molecular weight is 277 g/mol. The van der Waals surface area contributed by atoms with Crippen LogP contribution in [0.15, 0.2) is 18.2 Å². The van der Waals surface area contributed by atoms with Crippen molar-refractivity contribution in [2.75, 3.05) is 19.4 Å². The van der Waals surface area contributed by atoms with Gasteiger partial charge in [-0.1, -0.05) is 0 Å². The van der Waals surface area contributed by atoms with Gasteiger partial charge in [0.05, 0.1) is 12.7 Å². The zero-order valence-electron chi connectivity index (χ0n) is 9.65. The molecule has 7 heteroatoms. The number of hydrogen-bond donors (Lipinski definition) is 2. The molecule has 0 saturated carbocycles. The van der Waals surface area contributed by atoms with Gasteiger partial charge < -0.3 is 14.8 Å². The minimum absolute atomic E-state index is 0.0258. The molecule has 1 amide bonds. The first-order valence-electron chi connectivity index (χ1n) is 5.10. The second-order valence-electron chi connectivity index (χ2n) is 3.22. The van der Waals surface area contributed by atoms with Crippen molar-refractivity contribution < 1.29 is 23.0 Å². The SMILES string of the molecule is COc1ccc(C(=O)NCCS)c(OC(F)F)c1. The molecule has 1 N–H and O–H groups in total. The number of carbonyl (C=O) groups is 1. The lowest BCUT2D eigenvalue weighted by Gasteiger charge is -2.12. The lowest BCUT2D eigenvalue weighted by atomic mass is 10.1. The monoisotopic (exact) mass is 277 g/mol. The van der Waals surface area contributed by atoms with Gasteiger partial charge in [0.2, 0.25) is 0 Å². The molecular weight excluding hydrogens is 264 g/mol. The summed E-state index contributed by atoms with van der Waals surface area (Å²) in [5.41, 5.74) is 0.0258. The first-order valence-corrected chi connectivity index (χ1v) is 5.73. The van der Waals surface area contributed by atoms with E-state index in [2.05, 4.69) is 22.7 Å². The van der Waals surface area contributed by atoms with Crippen LogP contribution in [0.5, 0.6) is 11.5 Å². The number of benzene rings is 1. The van der Waals surface area contributed by atoms with Crippen LogP contribution in [-0.4, -0.2) is 31.9 Å². The molecule has 1 aromatic rings. The number of hydrogen-bond acceptors (Lipinski definition) is 4. The molecule has 0 saturated heterocycles. The van der Waals surface area contributed by atoms with Crippen LogP contribution in [0.25, 0.3) is 0 Å². The van der Waals surface area contributed by atoms with Gasteiger partial charge in [-0.15, -0.1) is 0 Å². The number of alkyl halides is 2.